The molecule has 0 saturated carbocycles. The maximum Gasteiger partial charge on any atom is 0.255 e. The maximum absolute atomic E-state index is 12.8. The predicted octanol–water partition coefficient (Wildman–Crippen LogP) is 1.51. The molecular weight excluding hydrogens is 344 g/mol. The van der Waals surface area contributed by atoms with Gasteiger partial charge in [0.25, 0.3) is 5.56 Å². The van der Waals surface area contributed by atoms with Gasteiger partial charge in [-0.1, -0.05) is 12.1 Å². The van der Waals surface area contributed by atoms with Crippen LogP contribution in [0.2, 0.25) is 0 Å². The number of aromatic nitrogens is 2. The number of nitrogens with zero attached hydrogens (tertiary/aromatic N) is 3. The zero-order valence-corrected chi connectivity index (χ0v) is 15.5. The molecule has 0 bridgehead atoms. The van der Waals surface area contributed by atoms with Crippen LogP contribution >= 0.6 is 0 Å². The first-order valence-electron chi connectivity index (χ1n) is 9.42. The Kier molecular flexibility index (Phi) is 4.83. The Bertz CT molecular complexity index is 902. The largest absolute Gasteiger partial charge is 0.497 e. The third-order valence-corrected chi connectivity index (χ3v) is 5.31. The average Bonchev–Trinajstić information content (AvgIpc) is 3.22. The van der Waals surface area contributed by atoms with Crippen molar-refractivity contribution in [3.8, 4) is 5.75 Å². The van der Waals surface area contributed by atoms with Crippen LogP contribution in [0.5, 0.6) is 5.75 Å². The third kappa shape index (κ3) is 3.67. The lowest BCUT2D eigenvalue weighted by Gasteiger charge is -2.29. The van der Waals surface area contributed by atoms with E-state index in [9.17, 15) is 9.59 Å². The zero-order chi connectivity index (χ0) is 18.8. The number of hydrogen-bond donors (Lipinski definition) is 1. The number of methoxy groups -OCH3 is 1. The third-order valence-electron chi connectivity index (χ3n) is 5.31. The highest BCUT2D eigenvalue weighted by molar-refractivity contribution is 5.79. The summed E-state index contributed by atoms with van der Waals surface area (Å²) in [6, 6.07) is 7.55. The van der Waals surface area contributed by atoms with E-state index in [1.807, 2.05) is 24.3 Å². The molecule has 0 atom stereocenters. The number of amides is 1. The predicted molar refractivity (Wildman–Crippen MR) is 102 cm³/mol. The summed E-state index contributed by atoms with van der Waals surface area (Å²) in [6.07, 6.45) is 3.09. The summed E-state index contributed by atoms with van der Waals surface area (Å²) in [7, 11) is 1.61. The molecule has 0 spiro atoms. The Morgan fingerprint density at radius 1 is 1.26 bits per heavy atom. The number of ether oxygens (including phenoxy) is 1. The van der Waals surface area contributed by atoms with Crippen molar-refractivity contribution in [2.24, 2.45) is 0 Å². The summed E-state index contributed by atoms with van der Waals surface area (Å²) < 4.78 is 5.23. The molecule has 142 valence electrons. The number of rotatable bonds is 4. The molecular formula is C20H24N4O3. The highest BCUT2D eigenvalue weighted by Gasteiger charge is 2.26. The Morgan fingerprint density at radius 2 is 2.07 bits per heavy atom. The van der Waals surface area contributed by atoms with Gasteiger partial charge in [0.05, 0.1) is 25.8 Å². The van der Waals surface area contributed by atoms with E-state index in [0.29, 0.717) is 37.4 Å². The summed E-state index contributed by atoms with van der Waals surface area (Å²) in [5, 5.41) is 0. The lowest BCUT2D eigenvalue weighted by atomic mass is 10.0. The number of fused-ring (bicyclic) bond motifs is 1. The van der Waals surface area contributed by atoms with Crippen LogP contribution < -0.4 is 15.2 Å². The number of carbonyl (C=O) groups excluding carboxylic acids is 1. The Labute approximate surface area is 158 Å². The molecule has 1 N–H and O–H groups in total. The second kappa shape index (κ2) is 7.42. The zero-order valence-electron chi connectivity index (χ0n) is 15.5. The van der Waals surface area contributed by atoms with Gasteiger partial charge >= 0.3 is 0 Å². The molecule has 1 aromatic carbocycles. The van der Waals surface area contributed by atoms with Crippen molar-refractivity contribution in [1.82, 2.24) is 14.9 Å². The van der Waals surface area contributed by atoms with Crippen LogP contribution in [-0.2, 0) is 24.2 Å². The first-order chi connectivity index (χ1) is 13.1. The van der Waals surface area contributed by atoms with Crippen LogP contribution in [-0.4, -0.2) is 47.5 Å². The van der Waals surface area contributed by atoms with Crippen LogP contribution in [0.25, 0.3) is 0 Å². The molecule has 2 aromatic rings. The van der Waals surface area contributed by atoms with E-state index < -0.39 is 0 Å². The van der Waals surface area contributed by atoms with E-state index in [1.54, 1.807) is 12.0 Å². The maximum atomic E-state index is 12.8. The number of aromatic amines is 1. The molecule has 7 nitrogen and oxygen atoms in total. The highest BCUT2D eigenvalue weighted by Crippen LogP contribution is 2.20. The molecule has 7 heteroatoms. The number of nitrogens with one attached hydrogen (secondary N) is 1. The molecule has 3 heterocycles. The quantitative estimate of drug-likeness (QED) is 0.885. The fourth-order valence-corrected chi connectivity index (χ4v) is 3.79. The van der Waals surface area contributed by atoms with Gasteiger partial charge in [-0.2, -0.15) is 0 Å². The molecule has 1 saturated heterocycles. The lowest BCUT2D eigenvalue weighted by molar-refractivity contribution is -0.131. The molecule has 1 aromatic heterocycles. The first kappa shape index (κ1) is 17.6. The lowest BCUT2D eigenvalue weighted by Crippen LogP contribution is -2.40. The summed E-state index contributed by atoms with van der Waals surface area (Å²) in [4.78, 5) is 36.7. The first-order valence-corrected chi connectivity index (χ1v) is 9.42. The second-order valence-electron chi connectivity index (χ2n) is 7.10. The van der Waals surface area contributed by atoms with Gasteiger partial charge < -0.3 is 14.5 Å². The summed E-state index contributed by atoms with van der Waals surface area (Å²) in [5.41, 5.74) is 2.29. The van der Waals surface area contributed by atoms with Crippen LogP contribution in [0.1, 0.15) is 29.7 Å². The smallest absolute Gasteiger partial charge is 0.255 e. The molecule has 0 radical (unpaired) electrons. The Morgan fingerprint density at radius 3 is 2.85 bits per heavy atom. The van der Waals surface area contributed by atoms with E-state index in [0.717, 1.165) is 42.9 Å². The monoisotopic (exact) mass is 368 g/mol. The highest BCUT2D eigenvalue weighted by atomic mass is 16.5. The number of benzene rings is 1. The van der Waals surface area contributed by atoms with Gasteiger partial charge in [0.2, 0.25) is 11.9 Å². The molecule has 4 rings (SSSR count). The van der Waals surface area contributed by atoms with Gasteiger partial charge in [-0.05, 0) is 37.0 Å². The van der Waals surface area contributed by atoms with Crippen molar-refractivity contribution in [3.05, 3.63) is 51.4 Å². The topological polar surface area (TPSA) is 78.5 Å². The minimum atomic E-state index is -0.0678. The van der Waals surface area contributed by atoms with Crippen molar-refractivity contribution in [2.75, 3.05) is 31.6 Å². The minimum Gasteiger partial charge on any atom is -0.497 e. The Balaban J connectivity index is 1.51. The van der Waals surface area contributed by atoms with E-state index in [2.05, 4.69) is 14.9 Å². The average molecular weight is 368 g/mol. The molecule has 0 unspecified atom stereocenters. The van der Waals surface area contributed by atoms with E-state index in [1.165, 1.54) is 0 Å². The number of anilines is 1. The molecule has 1 fully saturated rings. The molecule has 2 aliphatic heterocycles. The number of hydrogen-bond acceptors (Lipinski definition) is 5. The second-order valence-corrected chi connectivity index (χ2v) is 7.10. The standard InChI is InChI=1S/C20H24N4O3/c1-27-15-6-4-5-14(11-15)12-18(25)24-10-7-16-17(13-24)21-20(22-19(16)26)23-8-2-3-9-23/h4-6,11H,2-3,7-10,12-13H2,1H3,(H,21,22,26). The SMILES string of the molecule is COc1cccc(CC(=O)N2CCc3c(nc(N4CCCC4)[nH]c3=O)C2)c1. The Hall–Kier alpha value is -2.83. The summed E-state index contributed by atoms with van der Waals surface area (Å²) >= 11 is 0. The van der Waals surface area contributed by atoms with Crippen molar-refractivity contribution >= 4 is 11.9 Å². The van der Waals surface area contributed by atoms with E-state index in [4.69, 9.17) is 4.74 Å². The fourth-order valence-electron chi connectivity index (χ4n) is 3.79. The molecule has 27 heavy (non-hydrogen) atoms. The van der Waals surface area contributed by atoms with Crippen LogP contribution in [0.15, 0.2) is 29.1 Å². The van der Waals surface area contributed by atoms with Gasteiger partial charge in [-0.25, -0.2) is 4.98 Å². The fraction of sp³-hybridized carbons (Fsp3) is 0.450. The number of H-pyrrole nitrogens is 1. The van der Waals surface area contributed by atoms with Crippen molar-refractivity contribution in [1.29, 1.82) is 0 Å². The van der Waals surface area contributed by atoms with Crippen LogP contribution in [0.4, 0.5) is 5.95 Å². The minimum absolute atomic E-state index is 0.0405. The molecule has 2 aliphatic rings. The van der Waals surface area contributed by atoms with Gasteiger partial charge in [0.1, 0.15) is 5.75 Å². The summed E-state index contributed by atoms with van der Waals surface area (Å²) in [5.74, 6) is 1.42. The summed E-state index contributed by atoms with van der Waals surface area (Å²) in [6.45, 7) is 2.77. The van der Waals surface area contributed by atoms with Gasteiger partial charge in [-0.3, -0.25) is 14.6 Å². The molecule has 1 amide bonds. The van der Waals surface area contributed by atoms with E-state index >= 15 is 0 Å². The normalized spacial score (nSPS) is 16.3. The van der Waals surface area contributed by atoms with Crippen molar-refractivity contribution in [2.45, 2.75) is 32.2 Å². The van der Waals surface area contributed by atoms with Crippen LogP contribution in [0, 0.1) is 0 Å². The van der Waals surface area contributed by atoms with Gasteiger partial charge in [0.15, 0.2) is 0 Å². The number of carbonyl (C=O) groups is 1. The van der Waals surface area contributed by atoms with Crippen molar-refractivity contribution < 1.29 is 9.53 Å². The van der Waals surface area contributed by atoms with Crippen molar-refractivity contribution in [3.63, 3.8) is 0 Å². The van der Waals surface area contributed by atoms with Gasteiger partial charge in [0, 0.05) is 25.2 Å². The van der Waals surface area contributed by atoms with Gasteiger partial charge in [-0.15, -0.1) is 0 Å². The molecule has 0 aliphatic carbocycles. The van der Waals surface area contributed by atoms with E-state index in [-0.39, 0.29) is 11.5 Å². The van der Waals surface area contributed by atoms with Crippen LogP contribution in [0.3, 0.4) is 0 Å².